The molecule has 1 aromatic heterocycles. The molecule has 1 N–H and O–H groups in total. The van der Waals surface area contributed by atoms with E-state index in [1.165, 1.54) is 0 Å². The lowest BCUT2D eigenvalue weighted by atomic mass is 9.86. The van der Waals surface area contributed by atoms with Gasteiger partial charge in [0.05, 0.1) is 6.61 Å². The molecule has 1 saturated heterocycles. The molecule has 7 nitrogen and oxygen atoms in total. The van der Waals surface area contributed by atoms with Gasteiger partial charge in [0.15, 0.2) is 0 Å². The average Bonchev–Trinajstić information content (AvgIpc) is 3.21. The Morgan fingerprint density at radius 3 is 2.63 bits per heavy atom. The minimum Gasteiger partial charge on any atom is -0.449 e. The van der Waals surface area contributed by atoms with Crippen LogP contribution in [0.4, 0.5) is 9.59 Å². The van der Waals surface area contributed by atoms with E-state index in [2.05, 4.69) is 10.3 Å². The van der Waals surface area contributed by atoms with E-state index in [4.69, 9.17) is 21.1 Å². The minimum absolute atomic E-state index is 0.0902. The molecule has 0 unspecified atom stereocenters. The Morgan fingerprint density at radius 2 is 1.93 bits per heavy atom. The summed E-state index contributed by atoms with van der Waals surface area (Å²) in [5, 5.41) is 3.24. The molecular weight excluding hydrogens is 370 g/mol. The molecule has 0 bridgehead atoms. The molecule has 3 rings (SSSR count). The van der Waals surface area contributed by atoms with Gasteiger partial charge in [-0.1, -0.05) is 17.7 Å². The topological polar surface area (TPSA) is 80.8 Å². The maximum atomic E-state index is 12.0. The average molecular weight is 396 g/mol. The number of nitrogens with one attached hydrogen (secondary N) is 1. The Kier molecular flexibility index (Phi) is 7.15. The molecule has 2 fully saturated rings. The van der Waals surface area contributed by atoms with Crippen LogP contribution in [0.2, 0.25) is 5.15 Å². The lowest BCUT2D eigenvalue weighted by molar-refractivity contribution is 0.0832. The molecule has 1 saturated carbocycles. The number of ether oxygens (including phenoxy) is 2. The number of alkyl carbamates (subject to hydrolysis) is 1. The Morgan fingerprint density at radius 1 is 1.19 bits per heavy atom. The zero-order valence-electron chi connectivity index (χ0n) is 15.4. The van der Waals surface area contributed by atoms with Crippen molar-refractivity contribution in [3.05, 3.63) is 29.0 Å². The van der Waals surface area contributed by atoms with E-state index >= 15 is 0 Å². The van der Waals surface area contributed by atoms with Gasteiger partial charge in [0, 0.05) is 30.9 Å². The van der Waals surface area contributed by atoms with E-state index in [1.807, 2.05) is 0 Å². The molecule has 148 valence electrons. The zero-order valence-corrected chi connectivity index (χ0v) is 16.1. The second kappa shape index (κ2) is 9.78. The van der Waals surface area contributed by atoms with Gasteiger partial charge < -0.3 is 19.7 Å². The van der Waals surface area contributed by atoms with E-state index in [9.17, 15) is 9.59 Å². The molecule has 1 aliphatic carbocycles. The fourth-order valence-electron chi connectivity index (χ4n) is 3.53. The van der Waals surface area contributed by atoms with Crippen LogP contribution in [-0.4, -0.2) is 47.8 Å². The van der Waals surface area contributed by atoms with E-state index < -0.39 is 6.09 Å². The quantitative estimate of drug-likeness (QED) is 0.768. The summed E-state index contributed by atoms with van der Waals surface area (Å²) in [7, 11) is 0. The summed E-state index contributed by atoms with van der Waals surface area (Å²) < 4.78 is 10.7. The lowest BCUT2D eigenvalue weighted by Gasteiger charge is -2.29. The van der Waals surface area contributed by atoms with Gasteiger partial charge in [-0.15, -0.1) is 0 Å². The third-order valence-corrected chi connectivity index (χ3v) is 5.51. The Bertz CT molecular complexity index is 644. The number of hydrogen-bond acceptors (Lipinski definition) is 5. The van der Waals surface area contributed by atoms with Gasteiger partial charge >= 0.3 is 12.2 Å². The van der Waals surface area contributed by atoms with Crippen molar-refractivity contribution in [2.75, 3.05) is 19.7 Å². The van der Waals surface area contributed by atoms with Crippen LogP contribution in [0.15, 0.2) is 18.3 Å². The maximum absolute atomic E-state index is 12.0. The smallest absolute Gasteiger partial charge is 0.409 e. The molecule has 0 radical (unpaired) electrons. The summed E-state index contributed by atoms with van der Waals surface area (Å²) in [6.45, 7) is 2.18. The summed E-state index contributed by atoms with van der Waals surface area (Å²) in [5.41, 5.74) is 0.679. The van der Waals surface area contributed by atoms with Gasteiger partial charge in [0.2, 0.25) is 0 Å². The van der Waals surface area contributed by atoms with Crippen molar-refractivity contribution < 1.29 is 19.1 Å². The minimum atomic E-state index is -0.446. The third-order valence-electron chi connectivity index (χ3n) is 5.17. The van der Waals surface area contributed by atoms with Crippen LogP contribution in [-0.2, 0) is 16.1 Å². The van der Waals surface area contributed by atoms with E-state index in [-0.39, 0.29) is 18.7 Å². The first-order valence-corrected chi connectivity index (χ1v) is 9.94. The Balaban J connectivity index is 1.31. The molecule has 1 aliphatic heterocycles. The van der Waals surface area contributed by atoms with Crippen LogP contribution in [0, 0.1) is 5.92 Å². The van der Waals surface area contributed by atoms with E-state index in [0.717, 1.165) is 51.6 Å². The summed E-state index contributed by atoms with van der Waals surface area (Å²) in [6, 6.07) is 3.62. The second-order valence-electron chi connectivity index (χ2n) is 7.16. The number of carbonyl (C=O) groups is 2. The zero-order chi connectivity index (χ0) is 19.1. The molecule has 0 aromatic carbocycles. The summed E-state index contributed by atoms with van der Waals surface area (Å²) in [6.07, 6.45) is 6.64. The predicted molar refractivity (Wildman–Crippen MR) is 100 cm³/mol. The number of halogens is 1. The highest BCUT2D eigenvalue weighted by molar-refractivity contribution is 6.30. The first kappa shape index (κ1) is 19.7. The van der Waals surface area contributed by atoms with Gasteiger partial charge in [0.1, 0.15) is 11.8 Å². The SMILES string of the molecule is O=C(NC1CCC(COC(=O)N2CCCC2)CC1)OCc1cccnc1Cl. The summed E-state index contributed by atoms with van der Waals surface area (Å²) in [5.74, 6) is 0.361. The number of pyridine rings is 1. The van der Waals surface area contributed by atoms with Crippen LogP contribution in [0.1, 0.15) is 44.1 Å². The molecule has 2 aliphatic rings. The van der Waals surface area contributed by atoms with Crippen molar-refractivity contribution in [1.29, 1.82) is 0 Å². The van der Waals surface area contributed by atoms with Crippen LogP contribution in [0.5, 0.6) is 0 Å². The van der Waals surface area contributed by atoms with Gasteiger partial charge in [-0.05, 0) is 50.5 Å². The molecule has 2 amide bonds. The van der Waals surface area contributed by atoms with Crippen LogP contribution >= 0.6 is 11.6 Å². The third kappa shape index (κ3) is 5.99. The van der Waals surface area contributed by atoms with Crippen molar-refractivity contribution in [3.63, 3.8) is 0 Å². The fourth-order valence-corrected chi connectivity index (χ4v) is 3.71. The molecule has 1 aromatic rings. The number of carbonyl (C=O) groups excluding carboxylic acids is 2. The Labute approximate surface area is 164 Å². The largest absolute Gasteiger partial charge is 0.449 e. The number of amides is 2. The van der Waals surface area contributed by atoms with Crippen LogP contribution in [0.25, 0.3) is 0 Å². The van der Waals surface area contributed by atoms with Crippen molar-refractivity contribution >= 4 is 23.8 Å². The maximum Gasteiger partial charge on any atom is 0.409 e. The summed E-state index contributed by atoms with van der Waals surface area (Å²) in [4.78, 5) is 29.6. The van der Waals surface area contributed by atoms with Crippen LogP contribution < -0.4 is 5.32 Å². The van der Waals surface area contributed by atoms with Crippen molar-refractivity contribution in [2.24, 2.45) is 5.92 Å². The molecule has 8 heteroatoms. The Hall–Kier alpha value is -2.02. The van der Waals surface area contributed by atoms with E-state index in [0.29, 0.717) is 23.2 Å². The highest BCUT2D eigenvalue weighted by atomic mass is 35.5. The first-order valence-electron chi connectivity index (χ1n) is 9.56. The second-order valence-corrected chi connectivity index (χ2v) is 7.52. The van der Waals surface area contributed by atoms with Crippen molar-refractivity contribution in [1.82, 2.24) is 15.2 Å². The molecule has 0 spiro atoms. The molecule has 2 heterocycles. The van der Waals surface area contributed by atoms with Crippen molar-refractivity contribution in [3.8, 4) is 0 Å². The lowest BCUT2D eigenvalue weighted by Crippen LogP contribution is -2.39. The monoisotopic (exact) mass is 395 g/mol. The van der Waals surface area contributed by atoms with Gasteiger partial charge in [-0.25, -0.2) is 14.6 Å². The van der Waals surface area contributed by atoms with Crippen molar-refractivity contribution in [2.45, 2.75) is 51.2 Å². The van der Waals surface area contributed by atoms with Gasteiger partial charge in [-0.3, -0.25) is 0 Å². The van der Waals surface area contributed by atoms with Gasteiger partial charge in [-0.2, -0.15) is 0 Å². The number of hydrogen-bond donors (Lipinski definition) is 1. The first-order chi connectivity index (χ1) is 13.1. The standard InChI is InChI=1S/C19H26ClN3O4/c20-17-15(4-3-9-21-17)13-26-18(24)22-16-7-5-14(6-8-16)12-27-19(25)23-10-1-2-11-23/h3-4,9,14,16H,1-2,5-8,10-13H2,(H,22,24). The highest BCUT2D eigenvalue weighted by Gasteiger charge is 2.25. The summed E-state index contributed by atoms with van der Waals surface area (Å²) >= 11 is 5.95. The normalized spacial score (nSPS) is 22.3. The van der Waals surface area contributed by atoms with Crippen LogP contribution in [0.3, 0.4) is 0 Å². The van der Waals surface area contributed by atoms with E-state index in [1.54, 1.807) is 23.2 Å². The predicted octanol–water partition coefficient (Wildman–Crippen LogP) is 3.75. The number of rotatable bonds is 5. The molecule has 0 atom stereocenters. The number of likely N-dealkylation sites (tertiary alicyclic amines) is 1. The number of aromatic nitrogens is 1. The highest BCUT2D eigenvalue weighted by Crippen LogP contribution is 2.25. The molecular formula is C19H26ClN3O4. The molecule has 27 heavy (non-hydrogen) atoms. The number of nitrogens with zero attached hydrogens (tertiary/aromatic N) is 2. The van der Waals surface area contributed by atoms with Gasteiger partial charge in [0.25, 0.3) is 0 Å². The fraction of sp³-hybridized carbons (Fsp3) is 0.632.